The van der Waals surface area contributed by atoms with Gasteiger partial charge in [-0.2, -0.15) is 4.39 Å². The molecule has 1 aromatic rings. The van der Waals surface area contributed by atoms with Crippen molar-refractivity contribution in [2.75, 3.05) is 6.61 Å². The van der Waals surface area contributed by atoms with Gasteiger partial charge in [-0.3, -0.25) is 19.1 Å². The number of rotatable bonds is 17. The first kappa shape index (κ1) is 28.2. The van der Waals surface area contributed by atoms with Gasteiger partial charge < -0.3 is 14.6 Å². The minimum Gasteiger partial charge on any atom is -0.459 e. The smallest absolute Gasteiger partial charge is 0.330 e. The third-order valence-corrected chi connectivity index (χ3v) is 6.36. The first-order chi connectivity index (χ1) is 16.5. The Kier molecular flexibility index (Phi) is 13.1. The van der Waals surface area contributed by atoms with Crippen LogP contribution < -0.4 is 11.2 Å². The fourth-order valence-corrected chi connectivity index (χ4v) is 4.35. The first-order valence-corrected chi connectivity index (χ1v) is 12.9. The number of nitrogens with zero attached hydrogens (tertiary/aromatic N) is 1. The van der Waals surface area contributed by atoms with E-state index in [4.69, 9.17) is 9.47 Å². The minimum atomic E-state index is -1.12. The van der Waals surface area contributed by atoms with Crippen LogP contribution in [0.4, 0.5) is 4.39 Å². The van der Waals surface area contributed by atoms with Crippen molar-refractivity contribution in [3.8, 4) is 0 Å². The number of ether oxygens (including phenoxy) is 2. The van der Waals surface area contributed by atoms with E-state index in [2.05, 4.69) is 6.92 Å². The van der Waals surface area contributed by atoms with Crippen LogP contribution in [-0.2, 0) is 14.3 Å². The lowest BCUT2D eigenvalue weighted by molar-refractivity contribution is -0.153. The Morgan fingerprint density at radius 2 is 1.62 bits per heavy atom. The minimum absolute atomic E-state index is 0.0843. The zero-order valence-corrected chi connectivity index (χ0v) is 20.4. The largest absolute Gasteiger partial charge is 0.459 e. The van der Waals surface area contributed by atoms with Gasteiger partial charge in [-0.25, -0.2) is 4.79 Å². The van der Waals surface area contributed by atoms with Gasteiger partial charge in [-0.1, -0.05) is 84.0 Å². The zero-order chi connectivity index (χ0) is 24.8. The summed E-state index contributed by atoms with van der Waals surface area (Å²) in [5.74, 6) is -1.50. The lowest BCUT2D eigenvalue weighted by Gasteiger charge is -2.16. The van der Waals surface area contributed by atoms with E-state index in [0.29, 0.717) is 0 Å². The van der Waals surface area contributed by atoms with Crippen molar-refractivity contribution in [2.45, 2.75) is 122 Å². The number of H-pyrrole nitrogens is 1. The maximum Gasteiger partial charge on any atom is 0.330 e. The van der Waals surface area contributed by atoms with Crippen LogP contribution in [0.2, 0.25) is 0 Å². The summed E-state index contributed by atoms with van der Waals surface area (Å²) in [6.07, 6.45) is 14.5. The van der Waals surface area contributed by atoms with E-state index < -0.39 is 42.1 Å². The van der Waals surface area contributed by atoms with Gasteiger partial charge in [-0.05, 0) is 6.42 Å². The molecule has 0 bridgehead atoms. The van der Waals surface area contributed by atoms with E-state index >= 15 is 0 Å². The van der Waals surface area contributed by atoms with Gasteiger partial charge in [0, 0.05) is 12.8 Å². The van der Waals surface area contributed by atoms with Crippen LogP contribution in [0.3, 0.4) is 0 Å². The number of unbranched alkanes of at least 4 members (excludes halogenated alkanes) is 12. The predicted molar refractivity (Wildman–Crippen MR) is 127 cm³/mol. The summed E-state index contributed by atoms with van der Waals surface area (Å²) < 4.78 is 25.5. The zero-order valence-electron chi connectivity index (χ0n) is 20.4. The highest BCUT2D eigenvalue weighted by Gasteiger charge is 2.39. The highest BCUT2D eigenvalue weighted by atomic mass is 19.1. The number of hydrogen-bond donors (Lipinski definition) is 2. The van der Waals surface area contributed by atoms with Crippen LogP contribution in [-0.4, -0.2) is 39.4 Å². The SMILES string of the molecule is CCCCCCCCCCCCCCCC(=O)O[C@H]1C[C@H](n2cc(F)c(=O)[nH]c2=O)O[C@@H]1CO. The Hall–Kier alpha value is -2.00. The maximum atomic E-state index is 13.6. The molecule has 0 unspecified atom stereocenters. The highest BCUT2D eigenvalue weighted by molar-refractivity contribution is 5.69. The number of aromatic amines is 1. The number of halogens is 1. The fraction of sp³-hybridized carbons (Fsp3) is 0.800. The van der Waals surface area contributed by atoms with Gasteiger partial charge >= 0.3 is 11.7 Å². The third-order valence-electron chi connectivity index (χ3n) is 6.36. The van der Waals surface area contributed by atoms with Gasteiger partial charge in [0.25, 0.3) is 5.56 Å². The molecule has 0 radical (unpaired) electrons. The van der Waals surface area contributed by atoms with Crippen LogP contribution in [0, 0.1) is 5.82 Å². The molecular weight excluding hydrogens is 443 g/mol. The van der Waals surface area contributed by atoms with Crippen molar-refractivity contribution >= 4 is 5.97 Å². The number of nitrogens with one attached hydrogen (secondary N) is 1. The highest BCUT2D eigenvalue weighted by Crippen LogP contribution is 2.30. The first-order valence-electron chi connectivity index (χ1n) is 12.9. The molecule has 34 heavy (non-hydrogen) atoms. The van der Waals surface area contributed by atoms with Crippen molar-refractivity contribution in [2.24, 2.45) is 0 Å². The molecule has 1 aromatic heterocycles. The molecule has 194 valence electrons. The Balaban J connectivity index is 1.59. The van der Waals surface area contributed by atoms with Gasteiger partial charge in [0.15, 0.2) is 0 Å². The molecule has 1 aliphatic rings. The van der Waals surface area contributed by atoms with Crippen LogP contribution in [0.15, 0.2) is 15.8 Å². The van der Waals surface area contributed by atoms with Crippen LogP contribution in [0.25, 0.3) is 0 Å². The Morgan fingerprint density at radius 3 is 2.18 bits per heavy atom. The number of carbonyl (C=O) groups is 1. The number of aromatic nitrogens is 2. The monoisotopic (exact) mass is 484 g/mol. The second kappa shape index (κ2) is 15.8. The van der Waals surface area contributed by atoms with E-state index in [1.807, 2.05) is 4.98 Å². The molecule has 8 nitrogen and oxygen atoms in total. The second-order valence-corrected chi connectivity index (χ2v) is 9.21. The quantitative estimate of drug-likeness (QED) is 0.251. The normalized spacial score (nSPS) is 20.0. The summed E-state index contributed by atoms with van der Waals surface area (Å²) in [6.45, 7) is 1.83. The van der Waals surface area contributed by atoms with E-state index in [1.54, 1.807) is 0 Å². The van der Waals surface area contributed by atoms with Crippen molar-refractivity contribution in [1.82, 2.24) is 9.55 Å². The second-order valence-electron chi connectivity index (χ2n) is 9.21. The molecule has 1 aliphatic heterocycles. The predicted octanol–water partition coefficient (Wildman–Crippen LogP) is 4.35. The number of esters is 1. The summed E-state index contributed by atoms with van der Waals surface area (Å²) in [5, 5.41) is 9.55. The summed E-state index contributed by atoms with van der Waals surface area (Å²) in [4.78, 5) is 37.3. The Morgan fingerprint density at radius 1 is 1.06 bits per heavy atom. The van der Waals surface area contributed by atoms with Crippen LogP contribution in [0.1, 0.15) is 109 Å². The van der Waals surface area contributed by atoms with Gasteiger partial charge in [0.1, 0.15) is 18.4 Å². The maximum absolute atomic E-state index is 13.6. The van der Waals surface area contributed by atoms with E-state index in [9.17, 15) is 23.9 Å². The van der Waals surface area contributed by atoms with Crippen molar-refractivity contribution < 1.29 is 23.8 Å². The molecule has 3 atom stereocenters. The summed E-state index contributed by atoms with van der Waals surface area (Å²) >= 11 is 0. The van der Waals surface area contributed by atoms with Crippen molar-refractivity contribution in [1.29, 1.82) is 0 Å². The molecule has 9 heteroatoms. The van der Waals surface area contributed by atoms with E-state index in [0.717, 1.165) is 30.0 Å². The molecule has 0 spiro atoms. The molecule has 2 N–H and O–H groups in total. The summed E-state index contributed by atoms with van der Waals surface area (Å²) in [6, 6.07) is 0. The molecule has 0 saturated carbocycles. The molecule has 1 fully saturated rings. The molecule has 0 aliphatic carbocycles. The summed E-state index contributed by atoms with van der Waals surface area (Å²) in [5.41, 5.74) is -1.94. The molecule has 2 heterocycles. The van der Waals surface area contributed by atoms with Crippen LogP contribution in [0.5, 0.6) is 0 Å². The van der Waals surface area contributed by atoms with E-state index in [-0.39, 0.29) is 18.8 Å². The standard InChI is InChI=1S/C25H41FN2O6/c1-2-3-4-5-6-7-8-9-10-11-12-13-14-15-23(30)34-20-16-22(33-21(20)18-29)28-17-19(26)24(31)27-25(28)32/h17,20-22,29H,2-16,18H2,1H3,(H,27,31,32)/t20-,21+,22+/m0/s1. The topological polar surface area (TPSA) is 111 Å². The van der Waals surface area contributed by atoms with Crippen molar-refractivity contribution in [3.63, 3.8) is 0 Å². The molecular formula is C25H41FN2O6. The lowest BCUT2D eigenvalue weighted by atomic mass is 10.0. The van der Waals surface area contributed by atoms with Crippen LogP contribution >= 0.6 is 0 Å². The average molecular weight is 485 g/mol. The molecule has 2 rings (SSSR count). The lowest BCUT2D eigenvalue weighted by Crippen LogP contribution is -2.34. The van der Waals surface area contributed by atoms with E-state index in [1.165, 1.54) is 64.2 Å². The number of aliphatic hydroxyl groups is 1. The number of aliphatic hydroxyl groups excluding tert-OH is 1. The summed E-state index contributed by atoms with van der Waals surface area (Å²) in [7, 11) is 0. The average Bonchev–Trinajstić information content (AvgIpc) is 3.21. The molecule has 1 saturated heterocycles. The van der Waals surface area contributed by atoms with Gasteiger partial charge in [0.05, 0.1) is 12.8 Å². The number of carbonyl (C=O) groups excluding carboxylic acids is 1. The van der Waals surface area contributed by atoms with Gasteiger partial charge in [0.2, 0.25) is 5.82 Å². The molecule has 0 amide bonds. The number of hydrogen-bond acceptors (Lipinski definition) is 6. The molecule has 0 aromatic carbocycles. The van der Waals surface area contributed by atoms with Crippen molar-refractivity contribution in [3.05, 3.63) is 32.9 Å². The Labute approximate surface area is 200 Å². The van der Waals surface area contributed by atoms with Gasteiger partial charge in [-0.15, -0.1) is 0 Å². The third kappa shape index (κ3) is 9.70. The Bertz CT molecular complexity index is 839. The fourth-order valence-electron chi connectivity index (χ4n) is 4.35.